The van der Waals surface area contributed by atoms with E-state index in [4.69, 9.17) is 9.90 Å². The van der Waals surface area contributed by atoms with Gasteiger partial charge in [0.1, 0.15) is 0 Å². The number of aliphatic imine (C=N–C) groups is 1. The molecule has 0 atom stereocenters. The number of unbranched alkanes of at least 4 members (excludes halogenated alkanes) is 14. The van der Waals surface area contributed by atoms with Gasteiger partial charge in [-0.3, -0.25) is 9.79 Å². The molecule has 0 aromatic heterocycles. The molecule has 1 rings (SSSR count). The molecular formula is C23H43AgN2O3. The maximum Gasteiger partial charge on any atom is 1.00 e. The second-order valence-electron chi connectivity index (χ2n) is 7.80. The second-order valence-corrected chi connectivity index (χ2v) is 7.80. The SMILES string of the molecule is CC(=O)[O-].CCCCCCCCCCCCCCCCCC(=O)N1C=NCC1.[Ag+]. The molecule has 0 saturated carbocycles. The van der Waals surface area contributed by atoms with Crippen molar-refractivity contribution in [2.24, 2.45) is 4.99 Å². The molecule has 1 amide bonds. The summed E-state index contributed by atoms with van der Waals surface area (Å²) in [6.45, 7) is 4.83. The van der Waals surface area contributed by atoms with Crippen molar-refractivity contribution >= 4 is 18.2 Å². The average molecular weight is 503 g/mol. The molecule has 0 spiro atoms. The van der Waals surface area contributed by atoms with Crippen molar-refractivity contribution in [2.45, 2.75) is 117 Å². The first kappa shape index (κ1) is 30.5. The number of carboxylic acids is 1. The van der Waals surface area contributed by atoms with E-state index < -0.39 is 5.97 Å². The van der Waals surface area contributed by atoms with E-state index in [1.54, 1.807) is 11.2 Å². The predicted octanol–water partition coefficient (Wildman–Crippen LogP) is 4.87. The summed E-state index contributed by atoms with van der Waals surface area (Å²) in [6.07, 6.45) is 22.9. The number of nitrogens with zero attached hydrogens (tertiary/aromatic N) is 2. The first-order valence-electron chi connectivity index (χ1n) is 11.5. The third-order valence-electron chi connectivity index (χ3n) is 5.01. The number of carbonyl (C=O) groups excluding carboxylic acids is 2. The summed E-state index contributed by atoms with van der Waals surface area (Å²) in [5.74, 6) is -0.828. The zero-order valence-corrected chi connectivity index (χ0v) is 20.2. The van der Waals surface area contributed by atoms with Gasteiger partial charge in [0, 0.05) is 18.9 Å². The largest absolute Gasteiger partial charge is 1.00 e. The van der Waals surface area contributed by atoms with Crippen LogP contribution in [0.5, 0.6) is 0 Å². The Labute approximate surface area is 194 Å². The van der Waals surface area contributed by atoms with Gasteiger partial charge in [-0.05, 0) is 13.3 Å². The smallest absolute Gasteiger partial charge is 0.550 e. The van der Waals surface area contributed by atoms with E-state index in [1.807, 2.05) is 0 Å². The third-order valence-corrected chi connectivity index (χ3v) is 5.01. The molecule has 1 heterocycles. The van der Waals surface area contributed by atoms with Crippen LogP contribution in [0.25, 0.3) is 0 Å². The van der Waals surface area contributed by atoms with Crippen molar-refractivity contribution in [2.75, 3.05) is 13.1 Å². The van der Waals surface area contributed by atoms with Gasteiger partial charge in [0.05, 0.1) is 12.9 Å². The minimum atomic E-state index is -1.08. The fourth-order valence-electron chi connectivity index (χ4n) is 3.36. The molecule has 5 nitrogen and oxygen atoms in total. The van der Waals surface area contributed by atoms with Gasteiger partial charge < -0.3 is 14.8 Å². The van der Waals surface area contributed by atoms with Gasteiger partial charge >= 0.3 is 22.4 Å². The van der Waals surface area contributed by atoms with Gasteiger partial charge in [-0.25, -0.2) is 0 Å². The minimum absolute atomic E-state index is 0. The van der Waals surface area contributed by atoms with Crippen molar-refractivity contribution < 1.29 is 37.1 Å². The Hall–Kier alpha value is -0.650. The van der Waals surface area contributed by atoms with Gasteiger partial charge in [0.25, 0.3) is 0 Å². The maximum atomic E-state index is 11.8. The number of rotatable bonds is 16. The standard InChI is InChI=1S/C21H40N2O.C2H4O2.Ag/c1-2-3-4-5-6-7-8-9-10-11-12-13-14-15-16-17-21(24)23-19-18-22-20-23;1-2(3)4;/h20H,2-19H2,1H3;1H3,(H,3,4);/q;;+1/p-1. The third kappa shape index (κ3) is 23.5. The summed E-state index contributed by atoms with van der Waals surface area (Å²) in [5, 5.41) is 8.89. The van der Waals surface area contributed by atoms with E-state index >= 15 is 0 Å². The number of carbonyl (C=O) groups is 2. The van der Waals surface area contributed by atoms with Crippen LogP contribution < -0.4 is 5.11 Å². The molecule has 0 unspecified atom stereocenters. The Balaban J connectivity index is 0. The summed E-state index contributed by atoms with van der Waals surface area (Å²) in [5.41, 5.74) is 0. The molecule has 0 aromatic carbocycles. The molecule has 0 bridgehead atoms. The number of carboxylic acid groups (broad SMARTS) is 1. The monoisotopic (exact) mass is 502 g/mol. The van der Waals surface area contributed by atoms with Crippen molar-refractivity contribution in [3.63, 3.8) is 0 Å². The van der Waals surface area contributed by atoms with Crippen molar-refractivity contribution in [3.8, 4) is 0 Å². The zero-order chi connectivity index (χ0) is 20.9. The molecule has 1 aliphatic heterocycles. The Kier molecular flexibility index (Phi) is 24.9. The van der Waals surface area contributed by atoms with Crippen molar-refractivity contribution in [1.82, 2.24) is 4.90 Å². The molecule has 0 radical (unpaired) electrons. The number of hydrogen-bond donors (Lipinski definition) is 0. The van der Waals surface area contributed by atoms with Crippen LogP contribution in [0.15, 0.2) is 4.99 Å². The van der Waals surface area contributed by atoms with Crippen molar-refractivity contribution in [1.29, 1.82) is 0 Å². The molecule has 0 saturated heterocycles. The fourth-order valence-corrected chi connectivity index (χ4v) is 3.36. The summed E-state index contributed by atoms with van der Waals surface area (Å²) in [7, 11) is 0. The number of hydrogen-bond acceptors (Lipinski definition) is 4. The van der Waals surface area contributed by atoms with Gasteiger partial charge in [0.2, 0.25) is 5.91 Å². The average Bonchev–Trinajstić information content (AvgIpc) is 3.19. The van der Waals surface area contributed by atoms with Crippen LogP contribution in [-0.4, -0.2) is 36.2 Å². The Bertz CT molecular complexity index is 413. The van der Waals surface area contributed by atoms with Gasteiger partial charge in [-0.2, -0.15) is 0 Å². The Morgan fingerprint density at radius 2 is 1.21 bits per heavy atom. The quantitative estimate of drug-likeness (QED) is 0.223. The van der Waals surface area contributed by atoms with Gasteiger partial charge in [-0.1, -0.05) is 96.8 Å². The first-order valence-corrected chi connectivity index (χ1v) is 11.5. The second kappa shape index (κ2) is 23.6. The summed E-state index contributed by atoms with van der Waals surface area (Å²) in [6, 6.07) is 0. The van der Waals surface area contributed by atoms with Crippen LogP contribution in [0, 0.1) is 0 Å². The minimum Gasteiger partial charge on any atom is -0.550 e. The molecule has 6 heteroatoms. The molecule has 0 fully saturated rings. The molecule has 174 valence electrons. The van der Waals surface area contributed by atoms with E-state index in [-0.39, 0.29) is 28.3 Å². The van der Waals surface area contributed by atoms with Crippen LogP contribution in [0.2, 0.25) is 0 Å². The predicted molar refractivity (Wildman–Crippen MR) is 115 cm³/mol. The van der Waals surface area contributed by atoms with E-state index in [0.29, 0.717) is 6.42 Å². The molecule has 0 aliphatic carbocycles. The van der Waals surface area contributed by atoms with E-state index in [9.17, 15) is 4.79 Å². The van der Waals surface area contributed by atoms with E-state index in [2.05, 4.69) is 11.9 Å². The van der Waals surface area contributed by atoms with Crippen molar-refractivity contribution in [3.05, 3.63) is 0 Å². The molecule has 0 aromatic rings. The molecule has 1 aliphatic rings. The first-order chi connectivity index (χ1) is 13.6. The molecule has 0 N–H and O–H groups in total. The van der Waals surface area contributed by atoms with Crippen LogP contribution in [-0.2, 0) is 32.0 Å². The van der Waals surface area contributed by atoms with E-state index in [0.717, 1.165) is 26.4 Å². The van der Waals surface area contributed by atoms with Crippen LogP contribution in [0.1, 0.15) is 117 Å². The van der Waals surface area contributed by atoms with Gasteiger partial charge in [0.15, 0.2) is 0 Å². The van der Waals surface area contributed by atoms with E-state index in [1.165, 1.54) is 89.9 Å². The van der Waals surface area contributed by atoms with Gasteiger partial charge in [-0.15, -0.1) is 0 Å². The van der Waals surface area contributed by atoms with Crippen LogP contribution in [0.3, 0.4) is 0 Å². The topological polar surface area (TPSA) is 72.8 Å². The summed E-state index contributed by atoms with van der Waals surface area (Å²) in [4.78, 5) is 26.6. The normalized spacial score (nSPS) is 12.3. The van der Waals surface area contributed by atoms with Crippen LogP contribution >= 0.6 is 0 Å². The summed E-state index contributed by atoms with van der Waals surface area (Å²) >= 11 is 0. The number of amides is 1. The molecule has 29 heavy (non-hydrogen) atoms. The number of aliphatic carboxylic acids is 1. The zero-order valence-electron chi connectivity index (χ0n) is 18.7. The maximum absolute atomic E-state index is 11.8. The fraction of sp³-hybridized carbons (Fsp3) is 0.870. The molecular weight excluding hydrogens is 460 g/mol. The van der Waals surface area contributed by atoms with Crippen LogP contribution in [0.4, 0.5) is 0 Å². The Morgan fingerprint density at radius 3 is 1.55 bits per heavy atom. The Morgan fingerprint density at radius 1 is 0.828 bits per heavy atom. The summed E-state index contributed by atoms with van der Waals surface area (Å²) < 4.78 is 0.